The van der Waals surface area contributed by atoms with Crippen LogP contribution in [0.2, 0.25) is 0 Å². The lowest BCUT2D eigenvalue weighted by Gasteiger charge is -2.20. The quantitative estimate of drug-likeness (QED) is 0.730. The fourth-order valence-electron chi connectivity index (χ4n) is 1.38. The van der Waals surface area contributed by atoms with Crippen molar-refractivity contribution < 1.29 is 9.53 Å². The molecule has 1 aliphatic rings. The number of rotatable bonds is 3. The molecule has 0 bridgehead atoms. The van der Waals surface area contributed by atoms with Crippen molar-refractivity contribution in [2.24, 2.45) is 11.7 Å². The Morgan fingerprint density at radius 3 is 2.50 bits per heavy atom. The summed E-state index contributed by atoms with van der Waals surface area (Å²) in [6.07, 6.45) is 3.66. The van der Waals surface area contributed by atoms with E-state index in [-0.39, 0.29) is 18.3 Å². The van der Waals surface area contributed by atoms with Gasteiger partial charge in [-0.3, -0.25) is 4.79 Å². The van der Waals surface area contributed by atoms with Crippen LogP contribution in [0.5, 0.6) is 0 Å². The van der Waals surface area contributed by atoms with E-state index in [1.807, 2.05) is 0 Å². The summed E-state index contributed by atoms with van der Waals surface area (Å²) in [6.45, 7) is 1.70. The molecule has 1 rings (SSSR count). The van der Waals surface area contributed by atoms with Gasteiger partial charge in [0.25, 0.3) is 0 Å². The summed E-state index contributed by atoms with van der Waals surface area (Å²) in [7, 11) is 0. The van der Waals surface area contributed by atoms with Gasteiger partial charge in [0.2, 0.25) is 5.91 Å². The van der Waals surface area contributed by atoms with Crippen LogP contribution in [0.15, 0.2) is 0 Å². The molecule has 1 fully saturated rings. The predicted octanol–water partition coefficient (Wildman–Crippen LogP) is 1.10. The second kappa shape index (κ2) is 6.26. The Bertz CT molecular complexity index is 135. The number of nitrogens with two attached hydrogens (primary N) is 1. The van der Waals surface area contributed by atoms with Crippen LogP contribution < -0.4 is 5.73 Å². The smallest absolute Gasteiger partial charge is 0.217 e. The first kappa shape index (κ1) is 11.7. The van der Waals surface area contributed by atoms with Crippen molar-refractivity contribution in [3.8, 4) is 0 Å². The van der Waals surface area contributed by atoms with E-state index in [0.29, 0.717) is 12.3 Å². The molecule has 2 N–H and O–H groups in total. The van der Waals surface area contributed by atoms with Crippen LogP contribution in [0.3, 0.4) is 0 Å². The first-order valence-corrected chi connectivity index (χ1v) is 4.15. The summed E-state index contributed by atoms with van der Waals surface area (Å²) < 4.78 is 5.19. The predicted molar refractivity (Wildman–Crippen MR) is 49.2 cm³/mol. The largest absolute Gasteiger partial charge is 0.381 e. The Morgan fingerprint density at radius 2 is 2.00 bits per heavy atom. The van der Waals surface area contributed by atoms with E-state index in [9.17, 15) is 4.79 Å². The molecule has 1 heterocycles. The lowest BCUT2D eigenvalue weighted by molar-refractivity contribution is -0.118. The molecule has 1 amide bonds. The summed E-state index contributed by atoms with van der Waals surface area (Å²) in [5.41, 5.74) is 5.04. The summed E-state index contributed by atoms with van der Waals surface area (Å²) in [5, 5.41) is 0. The van der Waals surface area contributed by atoms with Gasteiger partial charge in [-0.05, 0) is 25.2 Å². The zero-order valence-electron chi connectivity index (χ0n) is 7.12. The summed E-state index contributed by atoms with van der Waals surface area (Å²) in [6, 6.07) is 0. The van der Waals surface area contributed by atoms with E-state index in [2.05, 4.69) is 0 Å². The standard InChI is InChI=1S/C8H15NO2.ClH/c9-8(10)2-1-7-3-5-11-6-4-7;/h7H,1-6H2,(H2,9,10);1H. The zero-order valence-corrected chi connectivity index (χ0v) is 7.94. The van der Waals surface area contributed by atoms with Gasteiger partial charge in [-0.25, -0.2) is 0 Å². The first-order chi connectivity index (χ1) is 5.29. The van der Waals surface area contributed by atoms with Gasteiger partial charge in [-0.2, -0.15) is 0 Å². The normalized spacial score (nSPS) is 18.3. The number of amides is 1. The van der Waals surface area contributed by atoms with Gasteiger partial charge in [-0.15, -0.1) is 12.4 Å². The van der Waals surface area contributed by atoms with Crippen molar-refractivity contribution in [3.63, 3.8) is 0 Å². The van der Waals surface area contributed by atoms with Crippen molar-refractivity contribution in [2.75, 3.05) is 13.2 Å². The van der Waals surface area contributed by atoms with Crippen molar-refractivity contribution in [3.05, 3.63) is 0 Å². The highest BCUT2D eigenvalue weighted by molar-refractivity contribution is 5.85. The van der Waals surface area contributed by atoms with Crippen molar-refractivity contribution in [1.82, 2.24) is 0 Å². The average molecular weight is 194 g/mol. The molecule has 0 saturated carbocycles. The Kier molecular flexibility index (Phi) is 6.11. The Labute approximate surface area is 79.1 Å². The van der Waals surface area contributed by atoms with Crippen molar-refractivity contribution >= 4 is 18.3 Å². The number of carbonyl (C=O) groups excluding carboxylic acids is 1. The molecule has 4 heteroatoms. The summed E-state index contributed by atoms with van der Waals surface area (Å²) in [4.78, 5) is 10.4. The van der Waals surface area contributed by atoms with Crippen LogP contribution in [-0.2, 0) is 9.53 Å². The molecule has 3 nitrogen and oxygen atoms in total. The van der Waals surface area contributed by atoms with Gasteiger partial charge in [-0.1, -0.05) is 0 Å². The molecule has 0 spiro atoms. The third-order valence-corrected chi connectivity index (χ3v) is 2.14. The second-order valence-electron chi connectivity index (χ2n) is 3.06. The van der Waals surface area contributed by atoms with E-state index in [0.717, 1.165) is 32.5 Å². The number of ether oxygens (including phenoxy) is 1. The van der Waals surface area contributed by atoms with E-state index >= 15 is 0 Å². The molecule has 0 unspecified atom stereocenters. The Morgan fingerprint density at radius 1 is 1.42 bits per heavy atom. The Balaban J connectivity index is 0.00000121. The van der Waals surface area contributed by atoms with E-state index in [1.54, 1.807) is 0 Å². The highest BCUT2D eigenvalue weighted by Crippen LogP contribution is 2.19. The van der Waals surface area contributed by atoms with Gasteiger partial charge in [0.05, 0.1) is 0 Å². The van der Waals surface area contributed by atoms with Crippen LogP contribution in [0.25, 0.3) is 0 Å². The molecule has 1 aliphatic heterocycles. The molecule has 1 saturated heterocycles. The van der Waals surface area contributed by atoms with Crippen LogP contribution >= 0.6 is 12.4 Å². The Hall–Kier alpha value is -0.280. The first-order valence-electron chi connectivity index (χ1n) is 4.15. The van der Waals surface area contributed by atoms with Gasteiger partial charge in [0, 0.05) is 19.6 Å². The fourth-order valence-corrected chi connectivity index (χ4v) is 1.38. The number of hydrogen-bond acceptors (Lipinski definition) is 2. The van der Waals surface area contributed by atoms with Gasteiger partial charge < -0.3 is 10.5 Å². The number of hydrogen-bond donors (Lipinski definition) is 1. The minimum Gasteiger partial charge on any atom is -0.381 e. The molecular weight excluding hydrogens is 178 g/mol. The maximum absolute atomic E-state index is 10.4. The molecule has 12 heavy (non-hydrogen) atoms. The van der Waals surface area contributed by atoms with Crippen LogP contribution in [0.1, 0.15) is 25.7 Å². The van der Waals surface area contributed by atoms with Crippen LogP contribution in [0.4, 0.5) is 0 Å². The van der Waals surface area contributed by atoms with Gasteiger partial charge >= 0.3 is 0 Å². The topological polar surface area (TPSA) is 52.3 Å². The van der Waals surface area contributed by atoms with Gasteiger partial charge in [0.1, 0.15) is 0 Å². The maximum atomic E-state index is 10.4. The fraction of sp³-hybridized carbons (Fsp3) is 0.875. The minimum atomic E-state index is -0.184. The zero-order chi connectivity index (χ0) is 8.10. The molecule has 0 radical (unpaired) electrons. The van der Waals surface area contributed by atoms with Crippen LogP contribution in [0, 0.1) is 5.92 Å². The number of primary amides is 1. The molecule has 0 aromatic heterocycles. The van der Waals surface area contributed by atoms with Crippen molar-refractivity contribution in [1.29, 1.82) is 0 Å². The average Bonchev–Trinajstić information content (AvgIpc) is 2.03. The molecule has 72 valence electrons. The van der Waals surface area contributed by atoms with Gasteiger partial charge in [0.15, 0.2) is 0 Å². The number of carbonyl (C=O) groups is 1. The molecular formula is C8H16ClNO2. The molecule has 0 aromatic rings. The maximum Gasteiger partial charge on any atom is 0.217 e. The van der Waals surface area contributed by atoms with E-state index in [1.165, 1.54) is 0 Å². The second-order valence-corrected chi connectivity index (χ2v) is 3.06. The highest BCUT2D eigenvalue weighted by Gasteiger charge is 2.13. The minimum absolute atomic E-state index is 0. The number of halogens is 1. The lowest BCUT2D eigenvalue weighted by Crippen LogP contribution is -2.18. The molecule has 0 aromatic carbocycles. The third-order valence-electron chi connectivity index (χ3n) is 2.14. The molecule has 0 aliphatic carbocycles. The third kappa shape index (κ3) is 4.57. The van der Waals surface area contributed by atoms with E-state index in [4.69, 9.17) is 10.5 Å². The van der Waals surface area contributed by atoms with E-state index < -0.39 is 0 Å². The highest BCUT2D eigenvalue weighted by atomic mass is 35.5. The summed E-state index contributed by atoms with van der Waals surface area (Å²) >= 11 is 0. The lowest BCUT2D eigenvalue weighted by atomic mass is 9.95. The van der Waals surface area contributed by atoms with Crippen LogP contribution in [-0.4, -0.2) is 19.1 Å². The monoisotopic (exact) mass is 193 g/mol. The molecule has 0 atom stereocenters. The van der Waals surface area contributed by atoms with Crippen molar-refractivity contribution in [2.45, 2.75) is 25.7 Å². The summed E-state index contributed by atoms with van der Waals surface area (Å²) in [5.74, 6) is 0.479. The SMILES string of the molecule is Cl.NC(=O)CCC1CCOCC1.